The molecule has 0 amide bonds. The van der Waals surface area contributed by atoms with E-state index < -0.39 is 24.6 Å². The molecule has 1 aromatic rings. The Labute approximate surface area is 115 Å². The molecule has 0 aliphatic rings. The molecule has 0 saturated carbocycles. The highest BCUT2D eigenvalue weighted by atomic mass is 19.4. The van der Waals surface area contributed by atoms with Crippen molar-refractivity contribution in [1.29, 1.82) is 0 Å². The number of carbonyl (C=O) groups excluding carboxylic acids is 1. The zero-order chi connectivity index (χ0) is 15.2. The zero-order valence-electron chi connectivity index (χ0n) is 11.3. The summed E-state index contributed by atoms with van der Waals surface area (Å²) in [5, 5.41) is 0. The standard InChI is InChI=1S/C14H16F3NO2/c1-3-20-13(19)9-12(14(15,16)17)18-10(2)11-7-5-4-6-8-11/h4-8,12H,3,9H2,1-2H3/b18-10-/t12-/m0/s1. The van der Waals surface area contributed by atoms with Crippen LogP contribution >= 0.6 is 0 Å². The molecule has 0 spiro atoms. The molecule has 1 atom stereocenters. The third-order valence-electron chi connectivity index (χ3n) is 2.58. The van der Waals surface area contributed by atoms with Crippen molar-refractivity contribution in [1.82, 2.24) is 0 Å². The first-order chi connectivity index (χ1) is 9.34. The van der Waals surface area contributed by atoms with E-state index in [4.69, 9.17) is 0 Å². The van der Waals surface area contributed by atoms with Gasteiger partial charge in [-0.05, 0) is 19.4 Å². The van der Waals surface area contributed by atoms with Crippen molar-refractivity contribution in [2.45, 2.75) is 32.5 Å². The normalized spacial score (nSPS) is 13.9. The minimum absolute atomic E-state index is 0.0464. The number of rotatable bonds is 5. The molecule has 1 rings (SSSR count). The molecule has 0 aromatic heterocycles. The Morgan fingerprint density at radius 2 is 1.90 bits per heavy atom. The van der Waals surface area contributed by atoms with E-state index in [-0.39, 0.29) is 12.3 Å². The number of esters is 1. The lowest BCUT2D eigenvalue weighted by Crippen LogP contribution is -2.31. The van der Waals surface area contributed by atoms with Gasteiger partial charge in [0.1, 0.15) is 0 Å². The second-order valence-corrected chi connectivity index (χ2v) is 4.15. The monoisotopic (exact) mass is 287 g/mol. The third kappa shape index (κ3) is 5.03. The third-order valence-corrected chi connectivity index (χ3v) is 2.58. The lowest BCUT2D eigenvalue weighted by molar-refractivity contribution is -0.163. The lowest BCUT2D eigenvalue weighted by Gasteiger charge is -2.16. The Bertz CT molecular complexity index is 469. The van der Waals surface area contributed by atoms with Crippen LogP contribution in [0.3, 0.4) is 0 Å². The van der Waals surface area contributed by atoms with Crippen molar-refractivity contribution >= 4 is 11.7 Å². The lowest BCUT2D eigenvalue weighted by atomic mass is 10.1. The summed E-state index contributed by atoms with van der Waals surface area (Å²) in [5.74, 6) is -0.903. The van der Waals surface area contributed by atoms with E-state index in [0.29, 0.717) is 5.56 Å². The highest BCUT2D eigenvalue weighted by molar-refractivity contribution is 5.98. The number of halogens is 3. The van der Waals surface area contributed by atoms with Gasteiger partial charge >= 0.3 is 12.1 Å². The van der Waals surface area contributed by atoms with E-state index in [2.05, 4.69) is 9.73 Å². The van der Waals surface area contributed by atoms with Gasteiger partial charge in [0.25, 0.3) is 0 Å². The van der Waals surface area contributed by atoms with Crippen molar-refractivity contribution in [2.24, 2.45) is 4.99 Å². The summed E-state index contributed by atoms with van der Waals surface area (Å²) in [4.78, 5) is 14.9. The fourth-order valence-electron chi connectivity index (χ4n) is 1.60. The van der Waals surface area contributed by atoms with Crippen molar-refractivity contribution < 1.29 is 22.7 Å². The molecule has 0 fully saturated rings. The van der Waals surface area contributed by atoms with Gasteiger partial charge in [-0.15, -0.1) is 0 Å². The molecule has 20 heavy (non-hydrogen) atoms. The van der Waals surface area contributed by atoms with Gasteiger partial charge in [-0.25, -0.2) is 0 Å². The molecule has 0 saturated heterocycles. The fraction of sp³-hybridized carbons (Fsp3) is 0.429. The predicted octanol–water partition coefficient (Wildman–Crippen LogP) is 3.38. The minimum Gasteiger partial charge on any atom is -0.466 e. The van der Waals surface area contributed by atoms with Gasteiger partial charge in [-0.3, -0.25) is 9.79 Å². The van der Waals surface area contributed by atoms with Crippen LogP contribution in [0.2, 0.25) is 0 Å². The number of benzene rings is 1. The zero-order valence-corrected chi connectivity index (χ0v) is 11.3. The maximum Gasteiger partial charge on any atom is 0.411 e. The van der Waals surface area contributed by atoms with Gasteiger partial charge in [-0.1, -0.05) is 30.3 Å². The van der Waals surface area contributed by atoms with E-state index in [1.54, 1.807) is 37.3 Å². The molecule has 0 aliphatic heterocycles. The van der Waals surface area contributed by atoms with Crippen molar-refractivity contribution in [3.05, 3.63) is 35.9 Å². The Hall–Kier alpha value is -1.85. The summed E-state index contributed by atoms with van der Waals surface area (Å²) in [6.07, 6.45) is -5.38. The molecule has 0 radical (unpaired) electrons. The maximum absolute atomic E-state index is 12.9. The number of nitrogens with zero attached hydrogens (tertiary/aromatic N) is 1. The van der Waals surface area contributed by atoms with Crippen LogP contribution in [0.25, 0.3) is 0 Å². The molecule has 1 aromatic carbocycles. The highest BCUT2D eigenvalue weighted by Crippen LogP contribution is 2.26. The largest absolute Gasteiger partial charge is 0.466 e. The average Bonchev–Trinajstić information content (AvgIpc) is 2.38. The summed E-state index contributed by atoms with van der Waals surface area (Å²) in [6.45, 7) is 3.07. The summed E-state index contributed by atoms with van der Waals surface area (Å²) < 4.78 is 43.2. The van der Waals surface area contributed by atoms with Gasteiger partial charge in [0, 0.05) is 5.71 Å². The second-order valence-electron chi connectivity index (χ2n) is 4.15. The molecule has 0 unspecified atom stereocenters. The molecule has 6 heteroatoms. The van der Waals surface area contributed by atoms with Gasteiger partial charge in [0.15, 0.2) is 6.04 Å². The van der Waals surface area contributed by atoms with Gasteiger partial charge < -0.3 is 4.74 Å². The Kier molecular flexibility index (Phi) is 5.73. The first kappa shape index (κ1) is 16.2. The highest BCUT2D eigenvalue weighted by Gasteiger charge is 2.41. The van der Waals surface area contributed by atoms with Gasteiger partial charge in [0.2, 0.25) is 0 Å². The van der Waals surface area contributed by atoms with E-state index >= 15 is 0 Å². The van der Waals surface area contributed by atoms with Crippen molar-refractivity contribution in [2.75, 3.05) is 6.61 Å². The maximum atomic E-state index is 12.9. The summed E-state index contributed by atoms with van der Waals surface area (Å²) in [5.41, 5.74) is 0.822. The number of alkyl halides is 3. The summed E-state index contributed by atoms with van der Waals surface area (Å²) in [7, 11) is 0. The molecule has 0 N–H and O–H groups in total. The van der Waals surface area contributed by atoms with E-state index in [0.717, 1.165) is 0 Å². The number of carbonyl (C=O) groups is 1. The fourth-order valence-corrected chi connectivity index (χ4v) is 1.60. The van der Waals surface area contributed by atoms with Crippen LogP contribution in [0.4, 0.5) is 13.2 Å². The molecule has 0 aliphatic carbocycles. The molecule has 110 valence electrons. The quantitative estimate of drug-likeness (QED) is 0.615. The SMILES string of the molecule is CCOC(=O)C[C@H](/N=C(/C)c1ccccc1)C(F)(F)F. The Morgan fingerprint density at radius 1 is 1.30 bits per heavy atom. The Morgan fingerprint density at radius 3 is 2.40 bits per heavy atom. The molecular formula is C14H16F3NO2. The minimum atomic E-state index is -4.58. The first-order valence-electron chi connectivity index (χ1n) is 6.16. The second kappa shape index (κ2) is 7.07. The van der Waals surface area contributed by atoms with Crippen LogP contribution in [0.15, 0.2) is 35.3 Å². The number of ether oxygens (including phenoxy) is 1. The van der Waals surface area contributed by atoms with Crippen LogP contribution in [0.1, 0.15) is 25.8 Å². The summed E-state index contributed by atoms with van der Waals surface area (Å²) in [6, 6.07) is 6.43. The molecular weight excluding hydrogens is 271 g/mol. The Balaban J connectivity index is 2.92. The smallest absolute Gasteiger partial charge is 0.411 e. The van der Waals surface area contributed by atoms with Gasteiger partial charge in [-0.2, -0.15) is 13.2 Å². The van der Waals surface area contributed by atoms with Crippen LogP contribution in [0.5, 0.6) is 0 Å². The summed E-state index contributed by atoms with van der Waals surface area (Å²) >= 11 is 0. The van der Waals surface area contributed by atoms with Crippen LogP contribution in [-0.2, 0) is 9.53 Å². The van der Waals surface area contributed by atoms with Crippen LogP contribution in [-0.4, -0.2) is 30.5 Å². The molecule has 0 heterocycles. The molecule has 0 bridgehead atoms. The number of hydrogen-bond donors (Lipinski definition) is 0. The number of hydrogen-bond acceptors (Lipinski definition) is 3. The van der Waals surface area contributed by atoms with Crippen molar-refractivity contribution in [3.63, 3.8) is 0 Å². The topological polar surface area (TPSA) is 38.7 Å². The van der Waals surface area contributed by atoms with E-state index in [9.17, 15) is 18.0 Å². The van der Waals surface area contributed by atoms with Crippen molar-refractivity contribution in [3.8, 4) is 0 Å². The first-order valence-corrected chi connectivity index (χ1v) is 6.16. The number of aliphatic imine (C=N–C) groups is 1. The van der Waals surface area contributed by atoms with E-state index in [1.807, 2.05) is 0 Å². The molecule has 3 nitrogen and oxygen atoms in total. The van der Waals surface area contributed by atoms with Crippen LogP contribution in [0, 0.1) is 0 Å². The van der Waals surface area contributed by atoms with Gasteiger partial charge in [0.05, 0.1) is 13.0 Å². The van der Waals surface area contributed by atoms with E-state index in [1.165, 1.54) is 6.92 Å². The predicted molar refractivity (Wildman–Crippen MR) is 69.7 cm³/mol. The van der Waals surface area contributed by atoms with Crippen LogP contribution < -0.4 is 0 Å². The average molecular weight is 287 g/mol.